The van der Waals surface area contributed by atoms with E-state index in [0.717, 1.165) is 12.5 Å². The van der Waals surface area contributed by atoms with Crippen molar-refractivity contribution in [1.29, 1.82) is 0 Å². The van der Waals surface area contributed by atoms with E-state index in [1.807, 2.05) is 0 Å². The maximum Gasteiger partial charge on any atom is 0.125 e. The van der Waals surface area contributed by atoms with Gasteiger partial charge >= 0.3 is 0 Å². The number of nitrogen functional groups attached to an aromatic ring is 1. The van der Waals surface area contributed by atoms with Gasteiger partial charge in [0.1, 0.15) is 5.82 Å². The molecule has 1 aromatic carbocycles. The molecular weight excluding hydrogens is 191 g/mol. The molecule has 2 nitrogen and oxygen atoms in total. The zero-order valence-corrected chi connectivity index (χ0v) is 8.96. The fourth-order valence-corrected chi connectivity index (χ4v) is 1.78. The molecule has 0 bridgehead atoms. The lowest BCUT2D eigenvalue weighted by molar-refractivity contribution is 0.536. The van der Waals surface area contributed by atoms with Gasteiger partial charge in [0.25, 0.3) is 0 Å². The Bertz CT molecular complexity index is 347. The highest BCUT2D eigenvalue weighted by molar-refractivity contribution is 5.65. The van der Waals surface area contributed by atoms with E-state index in [1.54, 1.807) is 6.07 Å². The van der Waals surface area contributed by atoms with E-state index in [-0.39, 0.29) is 5.82 Å². The molecule has 3 heteroatoms. The van der Waals surface area contributed by atoms with E-state index < -0.39 is 0 Å². The molecule has 1 saturated carbocycles. The highest BCUT2D eigenvalue weighted by Crippen LogP contribution is 2.36. The molecule has 0 radical (unpaired) electrons. The second-order valence-electron chi connectivity index (χ2n) is 4.43. The third kappa shape index (κ3) is 2.61. The largest absolute Gasteiger partial charge is 0.397 e. The highest BCUT2D eigenvalue weighted by Gasteiger charge is 2.27. The quantitative estimate of drug-likeness (QED) is 0.747. The first kappa shape index (κ1) is 10.3. The van der Waals surface area contributed by atoms with Gasteiger partial charge in [-0.3, -0.25) is 0 Å². The molecule has 1 aliphatic carbocycles. The number of hydrogen-bond acceptors (Lipinski definition) is 2. The summed E-state index contributed by atoms with van der Waals surface area (Å²) in [5.41, 5.74) is 7.06. The number of hydrogen-bond donors (Lipinski definition) is 2. The van der Waals surface area contributed by atoms with E-state index >= 15 is 0 Å². The normalized spacial score (nSPS) is 17.5. The molecule has 3 N–H and O–H groups in total. The van der Waals surface area contributed by atoms with Crippen LogP contribution in [0.4, 0.5) is 15.8 Å². The fraction of sp³-hybridized carbons (Fsp3) is 0.500. The molecule has 0 saturated heterocycles. The Morgan fingerprint density at radius 1 is 1.53 bits per heavy atom. The molecule has 0 heterocycles. The minimum atomic E-state index is -0.245. The van der Waals surface area contributed by atoms with Crippen molar-refractivity contribution < 1.29 is 4.39 Å². The van der Waals surface area contributed by atoms with Gasteiger partial charge in [0.05, 0.1) is 11.4 Å². The van der Waals surface area contributed by atoms with Gasteiger partial charge in [-0.25, -0.2) is 4.39 Å². The van der Waals surface area contributed by atoms with E-state index in [4.69, 9.17) is 5.73 Å². The van der Waals surface area contributed by atoms with E-state index in [2.05, 4.69) is 12.2 Å². The molecule has 15 heavy (non-hydrogen) atoms. The topological polar surface area (TPSA) is 38.0 Å². The second-order valence-corrected chi connectivity index (χ2v) is 4.43. The number of benzene rings is 1. The molecular formula is C12H17FN2. The Morgan fingerprint density at radius 2 is 2.27 bits per heavy atom. The minimum Gasteiger partial charge on any atom is -0.397 e. The first-order valence-corrected chi connectivity index (χ1v) is 5.45. The molecule has 82 valence electrons. The number of nitrogens with one attached hydrogen (secondary N) is 1. The SMILES string of the molecule is CC(CNc1cc(F)ccc1N)C1CC1. The van der Waals surface area contributed by atoms with Crippen LogP contribution in [0.5, 0.6) is 0 Å². The van der Waals surface area contributed by atoms with Crippen LogP contribution in [0.15, 0.2) is 18.2 Å². The molecule has 1 atom stereocenters. The van der Waals surface area contributed by atoms with Crippen molar-refractivity contribution in [2.75, 3.05) is 17.6 Å². The Hall–Kier alpha value is -1.25. The van der Waals surface area contributed by atoms with Crippen molar-refractivity contribution in [3.05, 3.63) is 24.0 Å². The first-order valence-electron chi connectivity index (χ1n) is 5.45. The molecule has 1 aliphatic rings. The number of rotatable bonds is 4. The van der Waals surface area contributed by atoms with Gasteiger partial charge in [-0.2, -0.15) is 0 Å². The molecule has 1 fully saturated rings. The third-order valence-electron chi connectivity index (χ3n) is 3.06. The van der Waals surface area contributed by atoms with Crippen molar-refractivity contribution in [3.63, 3.8) is 0 Å². The average molecular weight is 208 g/mol. The van der Waals surface area contributed by atoms with Crippen LogP contribution in [0.3, 0.4) is 0 Å². The summed E-state index contributed by atoms with van der Waals surface area (Å²) < 4.78 is 12.9. The van der Waals surface area contributed by atoms with Crippen LogP contribution < -0.4 is 11.1 Å². The Kier molecular flexibility index (Phi) is 2.80. The average Bonchev–Trinajstić information content (AvgIpc) is 3.02. The van der Waals surface area contributed by atoms with Gasteiger partial charge in [-0.05, 0) is 42.9 Å². The van der Waals surface area contributed by atoms with Crippen LogP contribution in [0, 0.1) is 17.7 Å². The Labute approximate surface area is 89.7 Å². The predicted molar refractivity (Wildman–Crippen MR) is 61.2 cm³/mol. The molecule has 1 aromatic rings. The summed E-state index contributed by atoms with van der Waals surface area (Å²) >= 11 is 0. The predicted octanol–water partition coefficient (Wildman–Crippen LogP) is 2.87. The van der Waals surface area contributed by atoms with Gasteiger partial charge < -0.3 is 11.1 Å². The zero-order valence-electron chi connectivity index (χ0n) is 8.96. The van der Waals surface area contributed by atoms with Crippen LogP contribution in [-0.4, -0.2) is 6.54 Å². The summed E-state index contributed by atoms with van der Waals surface area (Å²) in [7, 11) is 0. The molecule has 1 unspecified atom stereocenters. The van der Waals surface area contributed by atoms with E-state index in [1.165, 1.54) is 25.0 Å². The lowest BCUT2D eigenvalue weighted by Gasteiger charge is -2.14. The molecule has 0 aromatic heterocycles. The summed E-state index contributed by atoms with van der Waals surface area (Å²) in [5, 5.41) is 3.21. The molecule has 2 rings (SSSR count). The molecule has 0 spiro atoms. The smallest absolute Gasteiger partial charge is 0.125 e. The number of nitrogens with two attached hydrogens (primary N) is 1. The van der Waals surface area contributed by atoms with E-state index in [0.29, 0.717) is 17.3 Å². The minimum absolute atomic E-state index is 0.245. The molecule has 0 aliphatic heterocycles. The van der Waals surface area contributed by atoms with Crippen molar-refractivity contribution in [1.82, 2.24) is 0 Å². The van der Waals surface area contributed by atoms with Gasteiger partial charge in [0.2, 0.25) is 0 Å². The fourth-order valence-electron chi connectivity index (χ4n) is 1.78. The molecule has 0 amide bonds. The Morgan fingerprint density at radius 3 is 2.93 bits per heavy atom. The van der Waals surface area contributed by atoms with Crippen molar-refractivity contribution >= 4 is 11.4 Å². The van der Waals surface area contributed by atoms with Crippen molar-refractivity contribution in [2.24, 2.45) is 11.8 Å². The summed E-state index contributed by atoms with van der Waals surface area (Å²) in [6.45, 7) is 3.10. The number of halogens is 1. The van der Waals surface area contributed by atoms with Crippen LogP contribution in [0.25, 0.3) is 0 Å². The maximum absolute atomic E-state index is 12.9. The first-order chi connectivity index (χ1) is 7.16. The van der Waals surface area contributed by atoms with Crippen molar-refractivity contribution in [2.45, 2.75) is 19.8 Å². The zero-order chi connectivity index (χ0) is 10.8. The summed E-state index contributed by atoms with van der Waals surface area (Å²) in [5.74, 6) is 1.26. The van der Waals surface area contributed by atoms with Gasteiger partial charge in [0.15, 0.2) is 0 Å². The third-order valence-corrected chi connectivity index (χ3v) is 3.06. The van der Waals surface area contributed by atoms with Gasteiger partial charge in [-0.1, -0.05) is 6.92 Å². The van der Waals surface area contributed by atoms with Crippen LogP contribution in [0.2, 0.25) is 0 Å². The van der Waals surface area contributed by atoms with E-state index in [9.17, 15) is 4.39 Å². The second kappa shape index (κ2) is 4.09. The summed E-state index contributed by atoms with van der Waals surface area (Å²) in [4.78, 5) is 0. The highest BCUT2D eigenvalue weighted by atomic mass is 19.1. The van der Waals surface area contributed by atoms with Gasteiger partial charge in [-0.15, -0.1) is 0 Å². The lowest BCUT2D eigenvalue weighted by atomic mass is 10.1. The van der Waals surface area contributed by atoms with Crippen LogP contribution in [0.1, 0.15) is 19.8 Å². The van der Waals surface area contributed by atoms with Crippen molar-refractivity contribution in [3.8, 4) is 0 Å². The monoisotopic (exact) mass is 208 g/mol. The van der Waals surface area contributed by atoms with Crippen LogP contribution in [-0.2, 0) is 0 Å². The summed E-state index contributed by atoms with van der Waals surface area (Å²) in [6.07, 6.45) is 2.67. The number of anilines is 2. The Balaban J connectivity index is 1.94. The summed E-state index contributed by atoms with van der Waals surface area (Å²) in [6, 6.07) is 4.43. The van der Waals surface area contributed by atoms with Crippen LogP contribution >= 0.6 is 0 Å². The lowest BCUT2D eigenvalue weighted by Crippen LogP contribution is -2.13. The maximum atomic E-state index is 12.9. The van der Waals surface area contributed by atoms with Gasteiger partial charge in [0, 0.05) is 6.54 Å². The standard InChI is InChI=1S/C12H17FN2/c1-8(9-2-3-9)7-15-12-6-10(13)4-5-11(12)14/h4-6,8-9,15H,2-3,7,14H2,1H3.